The lowest BCUT2D eigenvalue weighted by molar-refractivity contribution is 0.0866. The highest BCUT2D eigenvalue weighted by Gasteiger charge is 2.41. The van der Waals surface area contributed by atoms with Crippen LogP contribution in [0.2, 0.25) is 0 Å². The van der Waals surface area contributed by atoms with Gasteiger partial charge in [0.15, 0.2) is 0 Å². The number of hydrogen-bond acceptors (Lipinski definition) is 3. The van der Waals surface area contributed by atoms with Crippen LogP contribution in [0.1, 0.15) is 41.9 Å². The van der Waals surface area contributed by atoms with Crippen LogP contribution in [0.4, 0.5) is 10.5 Å². The molecule has 0 saturated carbocycles. The minimum Gasteiger partial charge on any atom is -0.448 e. The zero-order valence-corrected chi connectivity index (χ0v) is 19.8. The van der Waals surface area contributed by atoms with Crippen LogP contribution in [0.5, 0.6) is 0 Å². The number of ether oxygens (including phenoxy) is 1. The van der Waals surface area contributed by atoms with Gasteiger partial charge >= 0.3 is 6.09 Å². The van der Waals surface area contributed by atoms with E-state index >= 15 is 0 Å². The maximum absolute atomic E-state index is 13.3. The number of benzene rings is 3. The molecule has 1 aliphatic carbocycles. The first-order chi connectivity index (χ1) is 16.6. The number of amides is 1. The first-order valence-corrected chi connectivity index (χ1v) is 12.2. The predicted molar refractivity (Wildman–Crippen MR) is 137 cm³/mol. The van der Waals surface area contributed by atoms with Gasteiger partial charge in [-0.25, -0.2) is 4.79 Å². The predicted octanol–water partition coefficient (Wildman–Crippen LogP) is 6.32. The van der Waals surface area contributed by atoms with Gasteiger partial charge in [0.05, 0.1) is 6.04 Å². The lowest BCUT2D eigenvalue weighted by atomic mass is 9.95. The summed E-state index contributed by atoms with van der Waals surface area (Å²) in [4.78, 5) is 17.4. The molecule has 0 spiro atoms. The van der Waals surface area contributed by atoms with Gasteiger partial charge in [0.2, 0.25) is 0 Å². The molecule has 1 amide bonds. The molecule has 6 rings (SSSR count). The Hall–Kier alpha value is -3.53. The van der Waals surface area contributed by atoms with Crippen molar-refractivity contribution in [1.82, 2.24) is 4.90 Å². The molecule has 172 valence electrons. The van der Waals surface area contributed by atoms with E-state index in [9.17, 15) is 4.79 Å². The number of anilines is 1. The molecular weight excluding hydrogens is 420 g/mol. The molecule has 3 aliphatic rings. The van der Waals surface area contributed by atoms with E-state index in [1.54, 1.807) is 0 Å². The van der Waals surface area contributed by atoms with Gasteiger partial charge in [-0.3, -0.25) is 4.90 Å². The van der Waals surface area contributed by atoms with Gasteiger partial charge in [0, 0.05) is 31.7 Å². The zero-order chi connectivity index (χ0) is 23.2. The Morgan fingerprint density at radius 1 is 0.912 bits per heavy atom. The van der Waals surface area contributed by atoms with E-state index in [2.05, 4.69) is 97.9 Å². The van der Waals surface area contributed by atoms with Gasteiger partial charge < -0.3 is 9.64 Å². The van der Waals surface area contributed by atoms with Gasteiger partial charge in [-0.15, -0.1) is 0 Å². The summed E-state index contributed by atoms with van der Waals surface area (Å²) in [6.45, 7) is 0.380. The smallest absolute Gasteiger partial charge is 0.410 e. The van der Waals surface area contributed by atoms with Crippen LogP contribution in [0.25, 0.3) is 16.7 Å². The fourth-order valence-corrected chi connectivity index (χ4v) is 5.97. The molecule has 2 heterocycles. The molecule has 4 heteroatoms. The van der Waals surface area contributed by atoms with Crippen LogP contribution in [-0.2, 0) is 4.74 Å². The fraction of sp³-hybridized carbons (Fsp3) is 0.300. The second kappa shape index (κ2) is 8.35. The molecular formula is C30H30N2O2. The minimum absolute atomic E-state index is 0.0973. The third-order valence-electron chi connectivity index (χ3n) is 7.70. The van der Waals surface area contributed by atoms with Crippen molar-refractivity contribution in [2.24, 2.45) is 0 Å². The van der Waals surface area contributed by atoms with E-state index in [4.69, 9.17) is 4.74 Å². The van der Waals surface area contributed by atoms with Gasteiger partial charge in [-0.05, 0) is 64.8 Å². The van der Waals surface area contributed by atoms with Gasteiger partial charge in [-0.1, -0.05) is 66.7 Å². The van der Waals surface area contributed by atoms with Gasteiger partial charge in [0.1, 0.15) is 6.61 Å². The minimum atomic E-state index is -0.174. The summed E-state index contributed by atoms with van der Waals surface area (Å²) < 4.78 is 6.00. The molecule has 0 aromatic heterocycles. The molecule has 2 bridgehead atoms. The van der Waals surface area contributed by atoms with Crippen LogP contribution in [-0.4, -0.2) is 43.8 Å². The van der Waals surface area contributed by atoms with Crippen LogP contribution in [0.15, 0.2) is 78.9 Å². The molecule has 1 saturated heterocycles. The second-order valence-electron chi connectivity index (χ2n) is 9.85. The summed E-state index contributed by atoms with van der Waals surface area (Å²) in [5.41, 5.74) is 8.82. The van der Waals surface area contributed by atoms with Crippen molar-refractivity contribution in [3.63, 3.8) is 0 Å². The Labute approximate surface area is 201 Å². The normalized spacial score (nSPS) is 20.5. The first-order valence-electron chi connectivity index (χ1n) is 12.2. The lowest BCUT2D eigenvalue weighted by Gasteiger charge is -2.33. The van der Waals surface area contributed by atoms with Crippen LogP contribution < -0.4 is 4.90 Å². The molecule has 2 unspecified atom stereocenters. The lowest BCUT2D eigenvalue weighted by Crippen LogP contribution is -2.43. The topological polar surface area (TPSA) is 32.8 Å². The molecule has 1 fully saturated rings. The second-order valence-corrected chi connectivity index (χ2v) is 9.85. The summed E-state index contributed by atoms with van der Waals surface area (Å²) in [6.07, 6.45) is 5.05. The Balaban J connectivity index is 1.18. The van der Waals surface area contributed by atoms with Crippen molar-refractivity contribution in [2.75, 3.05) is 25.6 Å². The monoisotopic (exact) mass is 450 g/mol. The number of fused-ring (bicyclic) bond motifs is 5. The third-order valence-corrected chi connectivity index (χ3v) is 7.70. The molecule has 4 nitrogen and oxygen atoms in total. The number of rotatable bonds is 4. The summed E-state index contributed by atoms with van der Waals surface area (Å²) in [6, 6.07) is 26.0. The fourth-order valence-electron chi connectivity index (χ4n) is 5.97. The summed E-state index contributed by atoms with van der Waals surface area (Å²) >= 11 is 0. The maximum atomic E-state index is 13.3. The summed E-state index contributed by atoms with van der Waals surface area (Å²) in [5, 5.41) is 0. The zero-order valence-electron chi connectivity index (χ0n) is 19.8. The molecule has 3 aromatic rings. The summed E-state index contributed by atoms with van der Waals surface area (Å²) in [5.74, 6) is 0.0973. The summed E-state index contributed by atoms with van der Waals surface area (Å²) in [7, 11) is 4.11. The Morgan fingerprint density at radius 3 is 2.18 bits per heavy atom. The number of carbonyl (C=O) groups excluding carboxylic acids is 1. The Morgan fingerprint density at radius 2 is 1.56 bits per heavy atom. The van der Waals surface area contributed by atoms with Crippen molar-refractivity contribution < 1.29 is 9.53 Å². The SMILES string of the molecule is CN(C)c1ccc(C2=CC3CCC(C2)N3C(=O)OCC2c3ccccc3-c3ccccc32)cc1. The van der Waals surface area contributed by atoms with Crippen molar-refractivity contribution in [3.8, 4) is 11.1 Å². The number of hydrogen-bond donors (Lipinski definition) is 0. The van der Waals surface area contributed by atoms with Crippen LogP contribution in [0, 0.1) is 0 Å². The standard InChI is InChI=1S/C30H30N2O2/c1-31(2)22-13-11-20(12-14-22)21-17-23-15-16-24(18-21)32(23)30(33)34-19-29-27-9-5-3-7-25(27)26-8-4-6-10-28(26)29/h3-14,17,23-24,29H,15-16,18-19H2,1-2H3. The van der Waals surface area contributed by atoms with Gasteiger partial charge in [-0.2, -0.15) is 0 Å². The molecule has 3 aromatic carbocycles. The largest absolute Gasteiger partial charge is 0.448 e. The van der Waals surface area contributed by atoms with E-state index < -0.39 is 0 Å². The number of nitrogens with zero attached hydrogens (tertiary/aromatic N) is 2. The highest BCUT2D eigenvalue weighted by atomic mass is 16.6. The average molecular weight is 451 g/mol. The van der Waals surface area contributed by atoms with Crippen LogP contribution >= 0.6 is 0 Å². The van der Waals surface area contributed by atoms with E-state index in [0.29, 0.717) is 6.61 Å². The maximum Gasteiger partial charge on any atom is 0.410 e. The van der Waals surface area contributed by atoms with Crippen molar-refractivity contribution in [2.45, 2.75) is 37.3 Å². The van der Waals surface area contributed by atoms with Crippen molar-refractivity contribution in [1.29, 1.82) is 0 Å². The van der Waals surface area contributed by atoms with Crippen molar-refractivity contribution >= 4 is 17.4 Å². The molecule has 0 N–H and O–H groups in total. The van der Waals surface area contributed by atoms with E-state index in [0.717, 1.165) is 19.3 Å². The number of carbonyl (C=O) groups is 1. The van der Waals surface area contributed by atoms with Gasteiger partial charge in [0.25, 0.3) is 0 Å². The highest BCUT2D eigenvalue weighted by Crippen LogP contribution is 2.45. The third kappa shape index (κ3) is 3.49. The van der Waals surface area contributed by atoms with Crippen LogP contribution in [0.3, 0.4) is 0 Å². The molecule has 0 radical (unpaired) electrons. The Bertz CT molecular complexity index is 1220. The van der Waals surface area contributed by atoms with Crippen molar-refractivity contribution in [3.05, 3.63) is 95.6 Å². The van der Waals surface area contributed by atoms with E-state index in [1.807, 2.05) is 4.90 Å². The molecule has 34 heavy (non-hydrogen) atoms. The van der Waals surface area contributed by atoms with E-state index in [-0.39, 0.29) is 24.1 Å². The molecule has 2 aliphatic heterocycles. The quantitative estimate of drug-likeness (QED) is 0.466. The average Bonchev–Trinajstić information content (AvgIpc) is 3.33. The molecule has 2 atom stereocenters. The van der Waals surface area contributed by atoms with E-state index in [1.165, 1.54) is 39.1 Å². The Kier molecular flexibility index (Phi) is 5.17. The highest BCUT2D eigenvalue weighted by molar-refractivity contribution is 5.79. The first kappa shape index (κ1) is 21.0.